The first-order valence-corrected chi connectivity index (χ1v) is 10.9. The van der Waals surface area contributed by atoms with Gasteiger partial charge in [-0.15, -0.1) is 0 Å². The van der Waals surface area contributed by atoms with E-state index in [1.54, 1.807) is 31.0 Å². The van der Waals surface area contributed by atoms with E-state index in [-0.39, 0.29) is 18.2 Å². The highest BCUT2D eigenvalue weighted by atomic mass is 35.5. The molecule has 1 N–H and O–H groups in total. The lowest BCUT2D eigenvalue weighted by Gasteiger charge is -2.28. The van der Waals surface area contributed by atoms with Crippen LogP contribution >= 0.6 is 11.6 Å². The van der Waals surface area contributed by atoms with Crippen molar-refractivity contribution < 1.29 is 19.1 Å². The van der Waals surface area contributed by atoms with Crippen molar-refractivity contribution in [1.82, 2.24) is 10.2 Å². The summed E-state index contributed by atoms with van der Waals surface area (Å²) in [4.78, 5) is 26.9. The Morgan fingerprint density at radius 3 is 2.39 bits per heavy atom. The van der Waals surface area contributed by atoms with E-state index in [0.717, 1.165) is 11.1 Å². The van der Waals surface area contributed by atoms with Crippen LogP contribution in [0.2, 0.25) is 5.02 Å². The van der Waals surface area contributed by atoms with E-state index >= 15 is 0 Å². The van der Waals surface area contributed by atoms with E-state index in [4.69, 9.17) is 21.1 Å². The highest BCUT2D eigenvalue weighted by molar-refractivity contribution is 6.30. The Bertz CT molecular complexity index is 888. The number of nitrogens with one attached hydrogen (secondary N) is 1. The number of carbonyl (C=O) groups is 2. The molecule has 6 nitrogen and oxygen atoms in total. The fourth-order valence-electron chi connectivity index (χ4n) is 3.27. The molecule has 0 spiro atoms. The first kappa shape index (κ1) is 24.5. The van der Waals surface area contributed by atoms with Gasteiger partial charge in [-0.3, -0.25) is 9.59 Å². The lowest BCUT2D eigenvalue weighted by atomic mass is 10.1. The van der Waals surface area contributed by atoms with Gasteiger partial charge in [-0.1, -0.05) is 29.8 Å². The molecule has 1 atom stereocenters. The molecule has 0 aliphatic carbocycles. The summed E-state index contributed by atoms with van der Waals surface area (Å²) in [5.74, 6) is 1.04. The lowest BCUT2D eigenvalue weighted by molar-refractivity contribution is -0.140. The first-order valence-electron chi connectivity index (χ1n) is 10.5. The van der Waals surface area contributed by atoms with Gasteiger partial charge in [-0.2, -0.15) is 0 Å². The Morgan fingerprint density at radius 2 is 1.74 bits per heavy atom. The predicted octanol–water partition coefficient (Wildman–Crippen LogP) is 4.23. The molecule has 0 aromatic heterocycles. The summed E-state index contributed by atoms with van der Waals surface area (Å²) in [7, 11) is 1.57. The van der Waals surface area contributed by atoms with Gasteiger partial charge in [0.15, 0.2) is 11.5 Å². The molecule has 0 heterocycles. The van der Waals surface area contributed by atoms with Crippen LogP contribution in [0.15, 0.2) is 42.5 Å². The summed E-state index contributed by atoms with van der Waals surface area (Å²) in [6, 6.07) is 12.4. The molecular formula is C24H31ClN2O4. The Balaban J connectivity index is 2.15. The van der Waals surface area contributed by atoms with Crippen LogP contribution in [-0.2, 0) is 22.6 Å². The van der Waals surface area contributed by atoms with Crippen molar-refractivity contribution in [3.05, 3.63) is 58.6 Å². The average molecular weight is 447 g/mol. The first-order chi connectivity index (χ1) is 14.9. The quantitative estimate of drug-likeness (QED) is 0.560. The van der Waals surface area contributed by atoms with Crippen molar-refractivity contribution in [2.45, 2.75) is 46.2 Å². The van der Waals surface area contributed by atoms with Crippen LogP contribution in [0.3, 0.4) is 0 Å². The smallest absolute Gasteiger partial charge is 0.242 e. The van der Waals surface area contributed by atoms with Gasteiger partial charge in [0.25, 0.3) is 0 Å². The monoisotopic (exact) mass is 446 g/mol. The second-order valence-corrected chi connectivity index (χ2v) is 7.53. The largest absolute Gasteiger partial charge is 0.490 e. The SMILES string of the molecule is CCOc1ccc(CCC(=O)N(Cc2cccc(Cl)c2)[C@@H](C)C(=O)NC)cc1OCC. The summed E-state index contributed by atoms with van der Waals surface area (Å²) in [5, 5.41) is 3.21. The number of hydrogen-bond acceptors (Lipinski definition) is 4. The summed E-state index contributed by atoms with van der Waals surface area (Å²) in [6.45, 7) is 6.95. The van der Waals surface area contributed by atoms with Crippen LogP contribution in [0, 0.1) is 0 Å². The normalized spacial score (nSPS) is 11.5. The van der Waals surface area contributed by atoms with E-state index in [9.17, 15) is 9.59 Å². The van der Waals surface area contributed by atoms with Crippen LogP contribution in [-0.4, -0.2) is 43.0 Å². The number of nitrogens with zero attached hydrogens (tertiary/aromatic N) is 1. The van der Waals surface area contributed by atoms with E-state index in [1.165, 1.54) is 0 Å². The Labute approximate surface area is 189 Å². The molecule has 2 amide bonds. The number of benzene rings is 2. The van der Waals surface area contributed by atoms with E-state index in [1.807, 2.05) is 44.2 Å². The number of ether oxygens (including phenoxy) is 2. The van der Waals surface area contributed by atoms with Gasteiger partial charge in [0, 0.05) is 25.0 Å². The standard InChI is InChI=1S/C24H31ClN2O4/c1-5-30-21-12-10-18(15-22(21)31-6-2)11-13-23(28)27(17(3)24(29)26-4)16-19-8-7-9-20(25)14-19/h7-10,12,14-15,17H,5-6,11,13,16H2,1-4H3,(H,26,29)/t17-/m0/s1. The van der Waals surface area contributed by atoms with Gasteiger partial charge < -0.3 is 19.7 Å². The average Bonchev–Trinajstić information content (AvgIpc) is 2.76. The van der Waals surface area contributed by atoms with Crippen molar-refractivity contribution >= 4 is 23.4 Å². The fourth-order valence-corrected chi connectivity index (χ4v) is 3.48. The molecule has 31 heavy (non-hydrogen) atoms. The number of hydrogen-bond donors (Lipinski definition) is 1. The topological polar surface area (TPSA) is 67.9 Å². The number of likely N-dealkylation sites (N-methyl/N-ethyl adjacent to an activating group) is 1. The highest BCUT2D eigenvalue weighted by Crippen LogP contribution is 2.29. The van der Waals surface area contributed by atoms with Crippen molar-refractivity contribution in [2.24, 2.45) is 0 Å². The van der Waals surface area contributed by atoms with Crippen LogP contribution in [0.1, 0.15) is 38.3 Å². The molecule has 2 rings (SSSR count). The summed E-state index contributed by atoms with van der Waals surface area (Å²) in [5.41, 5.74) is 1.84. The molecule has 0 radical (unpaired) electrons. The number of rotatable bonds is 11. The van der Waals surface area contributed by atoms with Crippen LogP contribution in [0.25, 0.3) is 0 Å². The Hall–Kier alpha value is -2.73. The molecule has 0 aliphatic rings. The maximum Gasteiger partial charge on any atom is 0.242 e. The zero-order chi connectivity index (χ0) is 22.8. The molecule has 0 fully saturated rings. The molecule has 0 bridgehead atoms. The second-order valence-electron chi connectivity index (χ2n) is 7.09. The number of aryl methyl sites for hydroxylation is 1. The van der Waals surface area contributed by atoms with Gasteiger partial charge in [-0.05, 0) is 62.6 Å². The summed E-state index contributed by atoms with van der Waals surface area (Å²) in [6.07, 6.45) is 0.791. The van der Waals surface area contributed by atoms with Crippen molar-refractivity contribution in [3.8, 4) is 11.5 Å². The third-order valence-corrected chi connectivity index (χ3v) is 5.13. The van der Waals surface area contributed by atoms with Crippen LogP contribution < -0.4 is 14.8 Å². The van der Waals surface area contributed by atoms with Crippen molar-refractivity contribution in [3.63, 3.8) is 0 Å². The van der Waals surface area contributed by atoms with Gasteiger partial charge in [0.1, 0.15) is 6.04 Å². The third-order valence-electron chi connectivity index (χ3n) is 4.89. The summed E-state index contributed by atoms with van der Waals surface area (Å²) >= 11 is 6.09. The zero-order valence-electron chi connectivity index (χ0n) is 18.6. The molecule has 7 heteroatoms. The van der Waals surface area contributed by atoms with E-state index in [0.29, 0.717) is 42.7 Å². The molecule has 0 saturated carbocycles. The number of halogens is 1. The minimum atomic E-state index is -0.601. The second kappa shape index (κ2) is 12.2. The molecule has 168 valence electrons. The zero-order valence-corrected chi connectivity index (χ0v) is 19.4. The number of carbonyl (C=O) groups excluding carboxylic acids is 2. The minimum Gasteiger partial charge on any atom is -0.490 e. The molecule has 2 aromatic rings. The van der Waals surface area contributed by atoms with Gasteiger partial charge in [0.05, 0.1) is 13.2 Å². The van der Waals surface area contributed by atoms with Gasteiger partial charge in [0.2, 0.25) is 11.8 Å². The molecular weight excluding hydrogens is 416 g/mol. The van der Waals surface area contributed by atoms with Crippen molar-refractivity contribution in [2.75, 3.05) is 20.3 Å². The fraction of sp³-hybridized carbons (Fsp3) is 0.417. The predicted molar refractivity (Wildman–Crippen MR) is 123 cm³/mol. The maximum absolute atomic E-state index is 13.1. The minimum absolute atomic E-state index is 0.108. The Kier molecular flexibility index (Phi) is 9.66. The van der Waals surface area contributed by atoms with Gasteiger partial charge >= 0.3 is 0 Å². The molecule has 0 unspecified atom stereocenters. The van der Waals surface area contributed by atoms with Gasteiger partial charge in [-0.25, -0.2) is 0 Å². The molecule has 2 aromatic carbocycles. The lowest BCUT2D eigenvalue weighted by Crippen LogP contribution is -2.46. The van der Waals surface area contributed by atoms with E-state index < -0.39 is 6.04 Å². The van der Waals surface area contributed by atoms with Crippen LogP contribution in [0.5, 0.6) is 11.5 Å². The molecule has 0 aliphatic heterocycles. The summed E-state index contributed by atoms with van der Waals surface area (Å²) < 4.78 is 11.3. The Morgan fingerprint density at radius 1 is 1.03 bits per heavy atom. The van der Waals surface area contributed by atoms with Crippen LogP contribution in [0.4, 0.5) is 0 Å². The maximum atomic E-state index is 13.1. The van der Waals surface area contributed by atoms with E-state index in [2.05, 4.69) is 5.32 Å². The third kappa shape index (κ3) is 7.17. The van der Waals surface area contributed by atoms with Crippen molar-refractivity contribution in [1.29, 1.82) is 0 Å². The molecule has 0 saturated heterocycles. The highest BCUT2D eigenvalue weighted by Gasteiger charge is 2.25. The number of amides is 2.